The van der Waals surface area contributed by atoms with Crippen molar-refractivity contribution in [1.29, 1.82) is 0 Å². The smallest absolute Gasteiger partial charge is 0.236 e. The molecular weight excluding hydrogens is 276 g/mol. The van der Waals surface area contributed by atoms with E-state index in [0.717, 1.165) is 19.5 Å². The zero-order valence-corrected chi connectivity index (χ0v) is 13.5. The van der Waals surface area contributed by atoms with Crippen LogP contribution in [0.4, 0.5) is 0 Å². The summed E-state index contributed by atoms with van der Waals surface area (Å²) in [4.78, 5) is 14.1. The van der Waals surface area contributed by atoms with Crippen LogP contribution in [0.5, 0.6) is 0 Å². The molecule has 1 aliphatic carbocycles. The number of ether oxygens (including phenoxy) is 1. The molecule has 2 fully saturated rings. The third kappa shape index (κ3) is 3.03. The molecular formula is C18H26N2O2. The second-order valence-electron chi connectivity index (χ2n) is 6.95. The largest absolute Gasteiger partial charge is 0.378 e. The van der Waals surface area contributed by atoms with Gasteiger partial charge in [-0.3, -0.25) is 4.79 Å². The highest BCUT2D eigenvalue weighted by Crippen LogP contribution is 2.52. The molecule has 1 aromatic rings. The number of carbonyl (C=O) groups excluding carboxylic acids is 1. The van der Waals surface area contributed by atoms with Crippen molar-refractivity contribution in [2.24, 2.45) is 5.41 Å². The van der Waals surface area contributed by atoms with E-state index in [1.807, 2.05) is 4.90 Å². The van der Waals surface area contributed by atoms with Crippen molar-refractivity contribution >= 4 is 5.91 Å². The van der Waals surface area contributed by atoms with Crippen molar-refractivity contribution in [3.05, 3.63) is 35.9 Å². The molecule has 4 nitrogen and oxygen atoms in total. The molecule has 1 saturated heterocycles. The van der Waals surface area contributed by atoms with Gasteiger partial charge in [0.25, 0.3) is 0 Å². The normalized spacial score (nSPS) is 27.3. The van der Waals surface area contributed by atoms with Gasteiger partial charge in [-0.1, -0.05) is 44.2 Å². The zero-order chi connectivity index (χ0) is 15.6. The van der Waals surface area contributed by atoms with Crippen LogP contribution in [0.25, 0.3) is 0 Å². The minimum Gasteiger partial charge on any atom is -0.378 e. The van der Waals surface area contributed by atoms with Crippen LogP contribution in [-0.4, -0.2) is 49.7 Å². The van der Waals surface area contributed by atoms with E-state index in [9.17, 15) is 4.79 Å². The lowest BCUT2D eigenvalue weighted by atomic mass is 9.56. The highest BCUT2D eigenvalue weighted by molar-refractivity contribution is 5.78. The number of nitrogens with zero attached hydrogens (tertiary/aromatic N) is 1. The Bertz CT molecular complexity index is 509. The summed E-state index contributed by atoms with van der Waals surface area (Å²) in [6.07, 6.45) is 1.10. The van der Waals surface area contributed by atoms with E-state index in [1.165, 1.54) is 5.56 Å². The molecule has 1 saturated carbocycles. The Hall–Kier alpha value is -1.39. The summed E-state index contributed by atoms with van der Waals surface area (Å²) < 4.78 is 5.29. The fourth-order valence-electron chi connectivity index (χ4n) is 3.66. The summed E-state index contributed by atoms with van der Waals surface area (Å²) >= 11 is 0. The molecule has 0 radical (unpaired) electrons. The molecule has 1 N–H and O–H groups in total. The number of rotatable bonds is 4. The number of amides is 1. The molecule has 22 heavy (non-hydrogen) atoms. The van der Waals surface area contributed by atoms with E-state index >= 15 is 0 Å². The van der Waals surface area contributed by atoms with Crippen LogP contribution in [-0.2, 0) is 9.53 Å². The Labute approximate surface area is 132 Å². The summed E-state index contributed by atoms with van der Waals surface area (Å²) in [7, 11) is 0. The predicted molar refractivity (Wildman–Crippen MR) is 86.8 cm³/mol. The van der Waals surface area contributed by atoms with Gasteiger partial charge in [-0.15, -0.1) is 0 Å². The lowest BCUT2D eigenvalue weighted by Crippen LogP contribution is -2.57. The SMILES string of the molecule is CC1(C)C(NCC(=O)N2CCOCC2)CC1c1ccccc1. The second kappa shape index (κ2) is 6.39. The Kier molecular flexibility index (Phi) is 4.50. The quantitative estimate of drug-likeness (QED) is 0.925. The van der Waals surface area contributed by atoms with Crippen molar-refractivity contribution in [3.63, 3.8) is 0 Å². The van der Waals surface area contributed by atoms with Gasteiger partial charge in [0.15, 0.2) is 0 Å². The lowest BCUT2D eigenvalue weighted by Gasteiger charge is -2.53. The average Bonchev–Trinajstić information content (AvgIpc) is 2.55. The molecule has 0 aromatic heterocycles. The van der Waals surface area contributed by atoms with Crippen molar-refractivity contribution in [2.45, 2.75) is 32.2 Å². The van der Waals surface area contributed by atoms with Crippen LogP contribution in [0.1, 0.15) is 31.7 Å². The summed E-state index contributed by atoms with van der Waals surface area (Å²) in [6.45, 7) is 7.81. The monoisotopic (exact) mass is 302 g/mol. The van der Waals surface area contributed by atoms with Gasteiger partial charge >= 0.3 is 0 Å². The minimum absolute atomic E-state index is 0.187. The van der Waals surface area contributed by atoms with Crippen LogP contribution in [0.15, 0.2) is 30.3 Å². The standard InChI is InChI=1S/C18H26N2O2/c1-18(2)15(14-6-4-3-5-7-14)12-16(18)19-13-17(21)20-8-10-22-11-9-20/h3-7,15-16,19H,8-13H2,1-2H3. The van der Waals surface area contributed by atoms with Crippen molar-refractivity contribution in [1.82, 2.24) is 10.2 Å². The van der Waals surface area contributed by atoms with Gasteiger partial charge < -0.3 is 15.0 Å². The molecule has 2 atom stereocenters. The minimum atomic E-state index is 0.187. The average molecular weight is 302 g/mol. The number of benzene rings is 1. The van der Waals surface area contributed by atoms with E-state index in [-0.39, 0.29) is 11.3 Å². The number of morpholine rings is 1. The van der Waals surface area contributed by atoms with E-state index in [1.54, 1.807) is 0 Å². The molecule has 1 aromatic carbocycles. The Morgan fingerprint density at radius 2 is 1.95 bits per heavy atom. The summed E-state index contributed by atoms with van der Waals surface area (Å²) in [6, 6.07) is 11.1. The Balaban J connectivity index is 1.51. The molecule has 3 rings (SSSR count). The van der Waals surface area contributed by atoms with E-state index in [4.69, 9.17) is 4.74 Å². The van der Waals surface area contributed by atoms with E-state index in [2.05, 4.69) is 49.5 Å². The summed E-state index contributed by atoms with van der Waals surface area (Å²) in [5.74, 6) is 0.770. The van der Waals surface area contributed by atoms with Crippen LogP contribution >= 0.6 is 0 Å². The fourth-order valence-corrected chi connectivity index (χ4v) is 3.66. The molecule has 2 unspecified atom stereocenters. The number of carbonyl (C=O) groups is 1. The lowest BCUT2D eigenvalue weighted by molar-refractivity contribution is -0.134. The van der Waals surface area contributed by atoms with Crippen molar-refractivity contribution in [2.75, 3.05) is 32.8 Å². The molecule has 1 heterocycles. The predicted octanol–water partition coefficient (Wildman–Crippen LogP) is 2.02. The highest BCUT2D eigenvalue weighted by atomic mass is 16.5. The zero-order valence-electron chi connectivity index (χ0n) is 13.5. The van der Waals surface area contributed by atoms with Gasteiger partial charge in [-0.2, -0.15) is 0 Å². The Morgan fingerprint density at radius 3 is 2.59 bits per heavy atom. The van der Waals surface area contributed by atoms with Crippen LogP contribution < -0.4 is 5.32 Å². The summed E-state index contributed by atoms with van der Waals surface area (Å²) in [5.41, 5.74) is 1.59. The van der Waals surface area contributed by atoms with Gasteiger partial charge in [0.1, 0.15) is 0 Å². The Morgan fingerprint density at radius 1 is 1.27 bits per heavy atom. The first-order valence-electron chi connectivity index (χ1n) is 8.23. The number of hydrogen-bond acceptors (Lipinski definition) is 3. The maximum absolute atomic E-state index is 12.2. The van der Waals surface area contributed by atoms with Gasteiger partial charge in [0.05, 0.1) is 19.8 Å². The first-order chi connectivity index (χ1) is 10.6. The van der Waals surface area contributed by atoms with Crippen molar-refractivity contribution < 1.29 is 9.53 Å². The van der Waals surface area contributed by atoms with E-state index in [0.29, 0.717) is 31.7 Å². The van der Waals surface area contributed by atoms with Crippen molar-refractivity contribution in [3.8, 4) is 0 Å². The maximum atomic E-state index is 12.2. The van der Waals surface area contributed by atoms with E-state index < -0.39 is 0 Å². The first kappa shape index (κ1) is 15.5. The maximum Gasteiger partial charge on any atom is 0.236 e. The summed E-state index contributed by atoms with van der Waals surface area (Å²) in [5, 5.41) is 3.47. The van der Waals surface area contributed by atoms with Gasteiger partial charge in [-0.25, -0.2) is 0 Å². The molecule has 4 heteroatoms. The third-order valence-corrected chi connectivity index (χ3v) is 5.33. The molecule has 0 bridgehead atoms. The molecule has 1 aliphatic heterocycles. The fraction of sp³-hybridized carbons (Fsp3) is 0.611. The third-order valence-electron chi connectivity index (χ3n) is 5.33. The molecule has 0 spiro atoms. The topological polar surface area (TPSA) is 41.6 Å². The van der Waals surface area contributed by atoms with Crippen LogP contribution in [0.3, 0.4) is 0 Å². The van der Waals surface area contributed by atoms with Crippen LogP contribution in [0, 0.1) is 5.41 Å². The van der Waals surface area contributed by atoms with Gasteiger partial charge in [0, 0.05) is 19.1 Å². The number of nitrogens with one attached hydrogen (secondary N) is 1. The van der Waals surface area contributed by atoms with Gasteiger partial charge in [0.2, 0.25) is 5.91 Å². The molecule has 2 aliphatic rings. The molecule has 1 amide bonds. The first-order valence-corrected chi connectivity index (χ1v) is 8.23. The molecule has 120 valence electrons. The van der Waals surface area contributed by atoms with Gasteiger partial charge in [-0.05, 0) is 23.3 Å². The highest BCUT2D eigenvalue weighted by Gasteiger charge is 2.48. The number of hydrogen-bond donors (Lipinski definition) is 1. The van der Waals surface area contributed by atoms with Crippen LogP contribution in [0.2, 0.25) is 0 Å². The second-order valence-corrected chi connectivity index (χ2v) is 6.95.